The first kappa shape index (κ1) is 8.05. The van der Waals surface area contributed by atoms with Crippen molar-refractivity contribution >= 4 is 5.91 Å². The molecule has 0 saturated carbocycles. The summed E-state index contributed by atoms with van der Waals surface area (Å²) in [6.45, 7) is 5.60. The summed E-state index contributed by atoms with van der Waals surface area (Å²) in [5, 5.41) is 0. The van der Waals surface area contributed by atoms with Crippen molar-refractivity contribution in [3.05, 3.63) is 0 Å². The molecule has 2 aliphatic rings. The fourth-order valence-electron chi connectivity index (χ4n) is 1.75. The van der Waals surface area contributed by atoms with E-state index in [0.29, 0.717) is 12.2 Å². The molecule has 68 valence electrons. The lowest BCUT2D eigenvalue weighted by Crippen LogP contribution is -2.41. The van der Waals surface area contributed by atoms with E-state index in [1.54, 1.807) is 0 Å². The summed E-state index contributed by atoms with van der Waals surface area (Å²) in [7, 11) is 0. The summed E-state index contributed by atoms with van der Waals surface area (Å²) in [6, 6.07) is 0. The van der Waals surface area contributed by atoms with E-state index in [-0.39, 0.29) is 11.8 Å². The van der Waals surface area contributed by atoms with E-state index in [9.17, 15) is 4.79 Å². The first-order valence-electron chi connectivity index (χ1n) is 4.62. The third-order valence-corrected chi connectivity index (χ3v) is 2.58. The van der Waals surface area contributed by atoms with Gasteiger partial charge in [0.1, 0.15) is 6.10 Å². The van der Waals surface area contributed by atoms with Gasteiger partial charge in [0.15, 0.2) is 0 Å². The normalized spacial score (nSPS) is 33.4. The Morgan fingerprint density at radius 3 is 2.83 bits per heavy atom. The topological polar surface area (TPSA) is 32.8 Å². The van der Waals surface area contributed by atoms with Gasteiger partial charge < -0.3 is 9.64 Å². The second kappa shape index (κ2) is 2.73. The number of hydrogen-bond acceptors (Lipinski definition) is 2. The molecule has 2 heterocycles. The molecule has 0 N–H and O–H groups in total. The van der Waals surface area contributed by atoms with Crippen LogP contribution in [0.2, 0.25) is 0 Å². The van der Waals surface area contributed by atoms with E-state index in [0.717, 1.165) is 19.5 Å². The van der Waals surface area contributed by atoms with Crippen LogP contribution in [0.3, 0.4) is 0 Å². The molecule has 0 aliphatic carbocycles. The first-order valence-corrected chi connectivity index (χ1v) is 4.62. The number of ether oxygens (including phenoxy) is 1. The number of piperidine rings is 1. The van der Waals surface area contributed by atoms with E-state index in [2.05, 4.69) is 0 Å². The minimum Gasteiger partial charge on any atom is -0.368 e. The molecule has 2 aliphatic heterocycles. The minimum atomic E-state index is 0.125. The fourth-order valence-corrected chi connectivity index (χ4v) is 1.75. The van der Waals surface area contributed by atoms with Gasteiger partial charge in [-0.25, -0.2) is 0 Å². The predicted octanol–water partition coefficient (Wildman–Crippen LogP) is 0.642. The van der Waals surface area contributed by atoms with Gasteiger partial charge in [-0.2, -0.15) is 0 Å². The van der Waals surface area contributed by atoms with Crippen LogP contribution >= 0.6 is 0 Å². The van der Waals surface area contributed by atoms with Crippen LogP contribution in [-0.4, -0.2) is 36.1 Å². The van der Waals surface area contributed by atoms with Gasteiger partial charge in [-0.3, -0.25) is 4.79 Å². The molecule has 2 saturated heterocycles. The van der Waals surface area contributed by atoms with Crippen molar-refractivity contribution in [1.29, 1.82) is 0 Å². The SMILES string of the molecule is CC(C)C(=O)N1CC[C@H]2O[C@@H]2C1. The smallest absolute Gasteiger partial charge is 0.225 e. The average molecular weight is 169 g/mol. The van der Waals surface area contributed by atoms with Gasteiger partial charge in [0.05, 0.1) is 6.10 Å². The molecule has 0 aromatic rings. The van der Waals surface area contributed by atoms with Gasteiger partial charge in [0, 0.05) is 19.0 Å². The highest BCUT2D eigenvalue weighted by Crippen LogP contribution is 2.30. The van der Waals surface area contributed by atoms with Gasteiger partial charge in [-0.1, -0.05) is 13.8 Å². The summed E-state index contributed by atoms with van der Waals surface area (Å²) in [5.74, 6) is 0.393. The molecular weight excluding hydrogens is 154 g/mol. The molecule has 2 rings (SSSR count). The van der Waals surface area contributed by atoms with Gasteiger partial charge in [0.2, 0.25) is 5.91 Å². The van der Waals surface area contributed by atoms with Crippen molar-refractivity contribution < 1.29 is 9.53 Å². The van der Waals surface area contributed by atoms with Crippen molar-refractivity contribution in [2.75, 3.05) is 13.1 Å². The number of hydrogen-bond donors (Lipinski definition) is 0. The number of fused-ring (bicyclic) bond motifs is 1. The highest BCUT2D eigenvalue weighted by molar-refractivity contribution is 5.78. The molecule has 0 aromatic heterocycles. The summed E-state index contributed by atoms with van der Waals surface area (Å²) < 4.78 is 5.34. The zero-order valence-corrected chi connectivity index (χ0v) is 7.62. The molecule has 0 aromatic carbocycles. The lowest BCUT2D eigenvalue weighted by Gasteiger charge is -2.25. The third-order valence-electron chi connectivity index (χ3n) is 2.58. The Morgan fingerprint density at radius 2 is 2.25 bits per heavy atom. The average Bonchev–Trinajstić information content (AvgIpc) is 2.79. The van der Waals surface area contributed by atoms with Crippen LogP contribution in [-0.2, 0) is 9.53 Å². The molecule has 0 bridgehead atoms. The number of likely N-dealkylation sites (tertiary alicyclic amines) is 1. The van der Waals surface area contributed by atoms with E-state index < -0.39 is 0 Å². The number of carbonyl (C=O) groups excluding carboxylic acids is 1. The van der Waals surface area contributed by atoms with Crippen LogP contribution in [0, 0.1) is 5.92 Å². The van der Waals surface area contributed by atoms with E-state index in [1.165, 1.54) is 0 Å². The third kappa shape index (κ3) is 1.33. The standard InChI is InChI=1S/C9H15NO2/c1-6(2)9(11)10-4-3-7-8(5-10)12-7/h6-8H,3-5H2,1-2H3/t7-,8-/m1/s1. The second-order valence-electron chi connectivity index (χ2n) is 3.94. The van der Waals surface area contributed by atoms with Gasteiger partial charge in [0.25, 0.3) is 0 Å². The van der Waals surface area contributed by atoms with Gasteiger partial charge >= 0.3 is 0 Å². The maximum absolute atomic E-state index is 11.5. The Labute approximate surface area is 72.7 Å². The number of carbonyl (C=O) groups is 1. The maximum atomic E-state index is 11.5. The summed E-state index contributed by atoms with van der Waals surface area (Å²) in [4.78, 5) is 13.5. The molecule has 0 radical (unpaired) electrons. The highest BCUT2D eigenvalue weighted by Gasteiger charge is 2.44. The first-order chi connectivity index (χ1) is 5.68. The zero-order chi connectivity index (χ0) is 8.72. The number of rotatable bonds is 1. The van der Waals surface area contributed by atoms with E-state index >= 15 is 0 Å². The molecule has 1 amide bonds. The molecule has 3 heteroatoms. The summed E-state index contributed by atoms with van der Waals surface area (Å²) in [5.41, 5.74) is 0. The Kier molecular flexibility index (Phi) is 1.83. The number of epoxide rings is 1. The Bertz CT molecular complexity index is 203. The monoisotopic (exact) mass is 169 g/mol. The quantitative estimate of drug-likeness (QED) is 0.540. The molecule has 2 atom stereocenters. The summed E-state index contributed by atoms with van der Waals surface area (Å²) in [6.07, 6.45) is 1.87. The van der Waals surface area contributed by atoms with Gasteiger partial charge in [-0.05, 0) is 6.42 Å². The van der Waals surface area contributed by atoms with Crippen molar-refractivity contribution in [2.24, 2.45) is 5.92 Å². The van der Waals surface area contributed by atoms with Crippen LogP contribution in [0.5, 0.6) is 0 Å². The second-order valence-corrected chi connectivity index (χ2v) is 3.94. The molecule has 3 nitrogen and oxygen atoms in total. The Morgan fingerprint density at radius 1 is 1.50 bits per heavy atom. The number of nitrogens with zero attached hydrogens (tertiary/aromatic N) is 1. The minimum absolute atomic E-state index is 0.125. The highest BCUT2D eigenvalue weighted by atomic mass is 16.6. The molecule has 0 unspecified atom stereocenters. The molecule has 2 fully saturated rings. The van der Waals surface area contributed by atoms with E-state index in [1.807, 2.05) is 18.7 Å². The van der Waals surface area contributed by atoms with Crippen LogP contribution in [0.4, 0.5) is 0 Å². The Hall–Kier alpha value is -0.570. The maximum Gasteiger partial charge on any atom is 0.225 e. The van der Waals surface area contributed by atoms with Crippen LogP contribution < -0.4 is 0 Å². The van der Waals surface area contributed by atoms with Crippen molar-refractivity contribution in [3.8, 4) is 0 Å². The lowest BCUT2D eigenvalue weighted by atomic mass is 10.1. The number of amides is 1. The van der Waals surface area contributed by atoms with Crippen LogP contribution in [0.25, 0.3) is 0 Å². The lowest BCUT2D eigenvalue weighted by molar-refractivity contribution is -0.135. The molecular formula is C9H15NO2. The van der Waals surface area contributed by atoms with Crippen molar-refractivity contribution in [2.45, 2.75) is 32.5 Å². The molecule has 0 spiro atoms. The van der Waals surface area contributed by atoms with Crippen molar-refractivity contribution in [1.82, 2.24) is 4.90 Å². The molecule has 12 heavy (non-hydrogen) atoms. The van der Waals surface area contributed by atoms with Crippen molar-refractivity contribution in [3.63, 3.8) is 0 Å². The zero-order valence-electron chi connectivity index (χ0n) is 7.62. The van der Waals surface area contributed by atoms with Crippen LogP contribution in [0.15, 0.2) is 0 Å². The van der Waals surface area contributed by atoms with Crippen LogP contribution in [0.1, 0.15) is 20.3 Å². The van der Waals surface area contributed by atoms with E-state index in [4.69, 9.17) is 4.74 Å². The summed E-state index contributed by atoms with van der Waals surface area (Å²) >= 11 is 0. The van der Waals surface area contributed by atoms with Gasteiger partial charge in [-0.15, -0.1) is 0 Å². The predicted molar refractivity (Wildman–Crippen MR) is 44.7 cm³/mol. The fraction of sp³-hybridized carbons (Fsp3) is 0.889. The largest absolute Gasteiger partial charge is 0.368 e. The Balaban J connectivity index is 1.91.